The largest absolute Gasteiger partial charge is 0.352 e. The molecule has 150 valence electrons. The van der Waals surface area contributed by atoms with Crippen molar-refractivity contribution in [2.75, 3.05) is 13.1 Å². The number of nitrogens with zero attached hydrogens (tertiary/aromatic N) is 3. The highest BCUT2D eigenvalue weighted by Crippen LogP contribution is 2.31. The summed E-state index contributed by atoms with van der Waals surface area (Å²) in [5.41, 5.74) is 1.99. The number of rotatable bonds is 5. The fourth-order valence-electron chi connectivity index (χ4n) is 4.77. The summed E-state index contributed by atoms with van der Waals surface area (Å²) in [4.78, 5) is 31.5. The molecule has 6 heteroatoms. The first-order chi connectivity index (χ1) is 13.7. The zero-order valence-electron chi connectivity index (χ0n) is 16.7. The van der Waals surface area contributed by atoms with Gasteiger partial charge in [0.15, 0.2) is 0 Å². The molecule has 1 saturated carbocycles. The Morgan fingerprint density at radius 1 is 1.21 bits per heavy atom. The van der Waals surface area contributed by atoms with Gasteiger partial charge >= 0.3 is 0 Å². The van der Waals surface area contributed by atoms with Crippen molar-refractivity contribution in [3.8, 4) is 0 Å². The van der Waals surface area contributed by atoms with E-state index in [1.165, 1.54) is 12.8 Å². The second kappa shape index (κ2) is 8.33. The van der Waals surface area contributed by atoms with Crippen LogP contribution in [0.2, 0.25) is 0 Å². The van der Waals surface area contributed by atoms with E-state index in [2.05, 4.69) is 27.0 Å². The van der Waals surface area contributed by atoms with Gasteiger partial charge in [-0.25, -0.2) is 4.98 Å². The Labute approximate surface area is 166 Å². The highest BCUT2D eigenvalue weighted by molar-refractivity contribution is 5.82. The van der Waals surface area contributed by atoms with Gasteiger partial charge in [0.2, 0.25) is 11.8 Å². The number of amides is 2. The van der Waals surface area contributed by atoms with Gasteiger partial charge < -0.3 is 14.8 Å². The maximum absolute atomic E-state index is 12.7. The number of carbonyl (C=O) groups excluding carboxylic acids is 2. The van der Waals surface area contributed by atoms with Crippen LogP contribution in [0.4, 0.5) is 0 Å². The molecule has 2 aromatic heterocycles. The summed E-state index contributed by atoms with van der Waals surface area (Å²) >= 11 is 0. The van der Waals surface area contributed by atoms with Gasteiger partial charge in [0.05, 0.1) is 0 Å². The van der Waals surface area contributed by atoms with Crippen molar-refractivity contribution in [1.29, 1.82) is 0 Å². The number of likely N-dealkylation sites (tertiary alicyclic amines) is 1. The molecule has 2 aliphatic rings. The van der Waals surface area contributed by atoms with Gasteiger partial charge in [0.25, 0.3) is 0 Å². The summed E-state index contributed by atoms with van der Waals surface area (Å²) in [6.45, 7) is 3.78. The van der Waals surface area contributed by atoms with Crippen LogP contribution in [-0.2, 0) is 16.1 Å². The van der Waals surface area contributed by atoms with Crippen LogP contribution in [0, 0.1) is 0 Å². The number of hydrogen-bond acceptors (Lipinski definition) is 3. The maximum atomic E-state index is 12.7. The molecule has 1 aliphatic carbocycles. The van der Waals surface area contributed by atoms with E-state index in [1.807, 2.05) is 17.9 Å². The molecule has 0 unspecified atom stereocenters. The zero-order valence-corrected chi connectivity index (χ0v) is 16.7. The Kier molecular flexibility index (Phi) is 5.64. The van der Waals surface area contributed by atoms with E-state index in [1.54, 1.807) is 6.20 Å². The molecular formula is C22H30N4O2. The molecule has 28 heavy (non-hydrogen) atoms. The number of hydrogen-bond donors (Lipinski definition) is 1. The molecule has 0 bridgehead atoms. The summed E-state index contributed by atoms with van der Waals surface area (Å²) in [5.74, 6) is 0.524. The molecule has 4 rings (SSSR count). The van der Waals surface area contributed by atoms with Crippen LogP contribution in [0.25, 0.3) is 11.0 Å². The third kappa shape index (κ3) is 3.91. The maximum Gasteiger partial charge on any atom is 0.240 e. The lowest BCUT2D eigenvalue weighted by Gasteiger charge is -2.33. The minimum atomic E-state index is 0.0635. The van der Waals surface area contributed by atoms with Gasteiger partial charge in [-0.2, -0.15) is 0 Å². The lowest BCUT2D eigenvalue weighted by molar-refractivity contribution is -0.132. The summed E-state index contributed by atoms with van der Waals surface area (Å²) in [6.07, 6.45) is 8.93. The SMILES string of the molecule is CCC(=O)N1CCC[C@H](c2cc3cccnc3n2CC(=O)NC2CCCC2)C1. The first kappa shape index (κ1) is 19.0. The van der Waals surface area contributed by atoms with Crippen LogP contribution >= 0.6 is 0 Å². The van der Waals surface area contributed by atoms with Gasteiger partial charge in [0, 0.05) is 48.7 Å². The molecular weight excluding hydrogens is 352 g/mol. The topological polar surface area (TPSA) is 67.2 Å². The number of piperidine rings is 1. The monoisotopic (exact) mass is 382 g/mol. The van der Waals surface area contributed by atoms with E-state index in [0.717, 1.165) is 55.5 Å². The van der Waals surface area contributed by atoms with E-state index in [-0.39, 0.29) is 17.7 Å². The molecule has 0 aromatic carbocycles. The lowest BCUT2D eigenvalue weighted by atomic mass is 9.94. The van der Waals surface area contributed by atoms with Gasteiger partial charge in [-0.05, 0) is 43.9 Å². The standard InChI is InChI=1S/C22H30N4O2/c1-2-21(28)25-12-6-8-17(14-25)19-13-16-7-5-11-23-22(16)26(19)15-20(27)24-18-9-3-4-10-18/h5,7,11,13,17-18H,2-4,6,8-10,12,14-15H2,1H3,(H,24,27)/t17-/m0/s1. The minimum Gasteiger partial charge on any atom is -0.352 e. The van der Waals surface area contributed by atoms with Crippen molar-refractivity contribution in [3.63, 3.8) is 0 Å². The van der Waals surface area contributed by atoms with E-state index >= 15 is 0 Å². The van der Waals surface area contributed by atoms with Crippen LogP contribution in [0.5, 0.6) is 0 Å². The number of pyridine rings is 1. The second-order valence-electron chi connectivity index (χ2n) is 8.15. The number of carbonyl (C=O) groups is 2. The molecule has 1 saturated heterocycles. The fourth-order valence-corrected chi connectivity index (χ4v) is 4.77. The molecule has 0 spiro atoms. The molecule has 0 radical (unpaired) electrons. The summed E-state index contributed by atoms with van der Waals surface area (Å²) in [5, 5.41) is 4.26. The Bertz CT molecular complexity index is 853. The van der Waals surface area contributed by atoms with E-state index in [0.29, 0.717) is 19.0 Å². The highest BCUT2D eigenvalue weighted by Gasteiger charge is 2.28. The lowest BCUT2D eigenvalue weighted by Crippen LogP contribution is -2.40. The van der Waals surface area contributed by atoms with Crippen molar-refractivity contribution in [2.45, 2.75) is 70.4 Å². The number of aromatic nitrogens is 2. The first-order valence-electron chi connectivity index (χ1n) is 10.7. The van der Waals surface area contributed by atoms with Gasteiger partial charge in [-0.1, -0.05) is 19.8 Å². The molecule has 2 aromatic rings. The fraction of sp³-hybridized carbons (Fsp3) is 0.591. The number of nitrogens with one attached hydrogen (secondary N) is 1. The van der Waals surface area contributed by atoms with Crippen molar-refractivity contribution < 1.29 is 9.59 Å². The van der Waals surface area contributed by atoms with Crippen LogP contribution in [0.3, 0.4) is 0 Å². The smallest absolute Gasteiger partial charge is 0.240 e. The van der Waals surface area contributed by atoms with Crippen molar-refractivity contribution in [1.82, 2.24) is 19.8 Å². The average Bonchev–Trinajstić information content (AvgIpc) is 3.35. The van der Waals surface area contributed by atoms with Crippen LogP contribution in [-0.4, -0.2) is 45.4 Å². The van der Waals surface area contributed by atoms with E-state index in [9.17, 15) is 9.59 Å². The molecule has 2 amide bonds. The Hall–Kier alpha value is -2.37. The predicted octanol–water partition coefficient (Wildman–Crippen LogP) is 3.21. The van der Waals surface area contributed by atoms with Crippen molar-refractivity contribution in [2.24, 2.45) is 0 Å². The van der Waals surface area contributed by atoms with Crippen LogP contribution in [0.15, 0.2) is 24.4 Å². The predicted molar refractivity (Wildman–Crippen MR) is 109 cm³/mol. The molecule has 1 N–H and O–H groups in total. The molecule has 1 aliphatic heterocycles. The van der Waals surface area contributed by atoms with E-state index in [4.69, 9.17) is 0 Å². The average molecular weight is 383 g/mol. The van der Waals surface area contributed by atoms with E-state index < -0.39 is 0 Å². The van der Waals surface area contributed by atoms with Gasteiger partial charge in [0.1, 0.15) is 12.2 Å². The van der Waals surface area contributed by atoms with Gasteiger partial charge in [-0.3, -0.25) is 9.59 Å². The Morgan fingerprint density at radius 2 is 2.04 bits per heavy atom. The molecule has 3 heterocycles. The highest BCUT2D eigenvalue weighted by atomic mass is 16.2. The quantitative estimate of drug-likeness (QED) is 0.863. The second-order valence-corrected chi connectivity index (χ2v) is 8.15. The van der Waals surface area contributed by atoms with Crippen LogP contribution in [0.1, 0.15) is 63.5 Å². The molecule has 6 nitrogen and oxygen atoms in total. The molecule has 1 atom stereocenters. The summed E-state index contributed by atoms with van der Waals surface area (Å²) < 4.78 is 2.07. The van der Waals surface area contributed by atoms with Crippen molar-refractivity contribution >= 4 is 22.8 Å². The van der Waals surface area contributed by atoms with Gasteiger partial charge in [-0.15, -0.1) is 0 Å². The number of fused-ring (bicyclic) bond motifs is 1. The third-order valence-electron chi connectivity index (χ3n) is 6.20. The zero-order chi connectivity index (χ0) is 19.5. The van der Waals surface area contributed by atoms with Crippen LogP contribution < -0.4 is 5.32 Å². The Balaban J connectivity index is 1.59. The summed E-state index contributed by atoms with van der Waals surface area (Å²) in [6, 6.07) is 6.46. The minimum absolute atomic E-state index is 0.0635. The Morgan fingerprint density at radius 3 is 2.82 bits per heavy atom. The summed E-state index contributed by atoms with van der Waals surface area (Å²) in [7, 11) is 0. The molecule has 2 fully saturated rings. The normalized spacial score (nSPS) is 20.6. The first-order valence-corrected chi connectivity index (χ1v) is 10.7. The van der Waals surface area contributed by atoms with Crippen molar-refractivity contribution in [3.05, 3.63) is 30.1 Å². The third-order valence-corrected chi connectivity index (χ3v) is 6.20.